The number of carbonyl (C=O) groups excluding carboxylic acids is 1. The quantitative estimate of drug-likeness (QED) is 0.797. The average molecular weight is 335 g/mol. The number of alkyl halides is 3. The summed E-state index contributed by atoms with van der Waals surface area (Å²) in [6, 6.07) is 0.716. The van der Waals surface area contributed by atoms with Crippen LogP contribution in [0.1, 0.15) is 28.7 Å². The van der Waals surface area contributed by atoms with Crippen LogP contribution in [0.4, 0.5) is 13.2 Å². The van der Waals surface area contributed by atoms with Crippen molar-refractivity contribution in [1.29, 1.82) is 0 Å². The third-order valence-electron chi connectivity index (χ3n) is 2.64. The molecule has 0 amide bonds. The lowest BCUT2D eigenvalue weighted by atomic mass is 10.2. The molecular weight excluding hydrogens is 325 g/mol. The molecule has 0 aliphatic rings. The molecule has 0 aromatic carbocycles. The van der Waals surface area contributed by atoms with E-state index in [0.29, 0.717) is 12.3 Å². The number of rotatable bonds is 3. The van der Waals surface area contributed by atoms with Gasteiger partial charge in [0, 0.05) is 6.20 Å². The highest BCUT2D eigenvalue weighted by Gasteiger charge is 2.32. The van der Waals surface area contributed by atoms with Gasteiger partial charge < -0.3 is 9.15 Å². The molecule has 0 fully saturated rings. The number of aromatic nitrogens is 2. The first-order chi connectivity index (χ1) is 10.2. The van der Waals surface area contributed by atoms with Gasteiger partial charge in [0.25, 0.3) is 0 Å². The van der Waals surface area contributed by atoms with Gasteiger partial charge in [-0.05, 0) is 19.9 Å². The fraction of sp³-hybridized carbons (Fsp3) is 0.308. The number of pyridine rings is 1. The van der Waals surface area contributed by atoms with Crippen LogP contribution in [0.3, 0.4) is 0 Å². The number of aryl methyl sites for hydroxylation is 1. The third-order valence-corrected chi connectivity index (χ3v) is 2.92. The van der Waals surface area contributed by atoms with Crippen LogP contribution < -0.4 is 0 Å². The van der Waals surface area contributed by atoms with Crippen molar-refractivity contribution in [2.45, 2.75) is 20.0 Å². The summed E-state index contributed by atoms with van der Waals surface area (Å²) in [7, 11) is 0. The minimum atomic E-state index is -4.56. The van der Waals surface area contributed by atoms with E-state index in [1.165, 1.54) is 6.92 Å². The highest BCUT2D eigenvalue weighted by Crippen LogP contribution is 2.34. The summed E-state index contributed by atoms with van der Waals surface area (Å²) in [5.41, 5.74) is -1.15. The lowest BCUT2D eigenvalue weighted by molar-refractivity contribution is -0.137. The van der Waals surface area contributed by atoms with Crippen molar-refractivity contribution in [3.63, 3.8) is 0 Å². The van der Waals surface area contributed by atoms with Crippen LogP contribution in [-0.4, -0.2) is 22.5 Å². The minimum absolute atomic E-state index is 0.0744. The molecule has 0 aliphatic heterocycles. The van der Waals surface area contributed by atoms with Gasteiger partial charge in [0.2, 0.25) is 5.89 Å². The van der Waals surface area contributed by atoms with Gasteiger partial charge in [-0.25, -0.2) is 14.8 Å². The Morgan fingerprint density at radius 2 is 2.14 bits per heavy atom. The Morgan fingerprint density at radius 3 is 2.68 bits per heavy atom. The fourth-order valence-electron chi connectivity index (χ4n) is 1.64. The Labute approximate surface area is 128 Å². The Hall–Kier alpha value is -2.09. The molecule has 2 aromatic heterocycles. The van der Waals surface area contributed by atoms with Gasteiger partial charge in [0.05, 0.1) is 17.2 Å². The first kappa shape index (κ1) is 16.3. The number of halogens is 4. The average Bonchev–Trinajstić information content (AvgIpc) is 2.79. The number of nitrogens with zero attached hydrogens (tertiary/aromatic N) is 2. The number of hydrogen-bond donors (Lipinski definition) is 0. The lowest BCUT2D eigenvalue weighted by Crippen LogP contribution is -2.07. The van der Waals surface area contributed by atoms with Crippen molar-refractivity contribution >= 4 is 17.6 Å². The van der Waals surface area contributed by atoms with Gasteiger partial charge in [-0.15, -0.1) is 0 Å². The van der Waals surface area contributed by atoms with E-state index in [-0.39, 0.29) is 34.7 Å². The van der Waals surface area contributed by atoms with Crippen LogP contribution in [0.25, 0.3) is 11.6 Å². The monoisotopic (exact) mass is 334 g/mol. The van der Waals surface area contributed by atoms with Crippen LogP contribution in [0, 0.1) is 6.92 Å². The van der Waals surface area contributed by atoms with Crippen LogP contribution in [0.5, 0.6) is 0 Å². The summed E-state index contributed by atoms with van der Waals surface area (Å²) in [6.07, 6.45) is -3.94. The van der Waals surface area contributed by atoms with Gasteiger partial charge in [-0.2, -0.15) is 13.2 Å². The van der Waals surface area contributed by atoms with Gasteiger partial charge in [0.15, 0.2) is 5.69 Å². The fourth-order valence-corrected chi connectivity index (χ4v) is 1.88. The van der Waals surface area contributed by atoms with Crippen LogP contribution in [0.15, 0.2) is 16.7 Å². The molecule has 0 N–H and O–H groups in total. The molecule has 0 spiro atoms. The highest BCUT2D eigenvalue weighted by molar-refractivity contribution is 6.32. The zero-order valence-corrected chi connectivity index (χ0v) is 12.2. The number of oxazole rings is 1. The van der Waals surface area contributed by atoms with Crippen molar-refractivity contribution in [2.24, 2.45) is 0 Å². The molecule has 118 valence electrons. The Morgan fingerprint density at radius 1 is 1.45 bits per heavy atom. The van der Waals surface area contributed by atoms with Crippen LogP contribution >= 0.6 is 11.6 Å². The summed E-state index contributed by atoms with van der Waals surface area (Å²) in [4.78, 5) is 19.1. The van der Waals surface area contributed by atoms with E-state index in [4.69, 9.17) is 20.8 Å². The second-order valence-corrected chi connectivity index (χ2v) is 4.60. The molecule has 0 unspecified atom stereocenters. The van der Waals surface area contributed by atoms with Crippen molar-refractivity contribution in [1.82, 2.24) is 9.97 Å². The predicted octanol–water partition coefficient (Wildman–Crippen LogP) is 3.89. The molecule has 9 heteroatoms. The zero-order chi connectivity index (χ0) is 16.5. The van der Waals surface area contributed by atoms with Gasteiger partial charge in [-0.3, -0.25) is 0 Å². The lowest BCUT2D eigenvalue weighted by Gasteiger charge is -2.07. The summed E-state index contributed by atoms with van der Waals surface area (Å²) < 4.78 is 47.7. The Kier molecular flexibility index (Phi) is 4.41. The van der Waals surface area contributed by atoms with E-state index in [1.54, 1.807) is 6.92 Å². The van der Waals surface area contributed by atoms with E-state index in [2.05, 4.69) is 9.97 Å². The molecule has 2 rings (SSSR count). The second-order valence-electron chi connectivity index (χ2n) is 4.20. The predicted molar refractivity (Wildman–Crippen MR) is 70.4 cm³/mol. The molecule has 0 bridgehead atoms. The SMILES string of the molecule is CCOC(=O)c1nc(-c2ncc(C(F)(F)F)cc2Cl)oc1C. The molecule has 22 heavy (non-hydrogen) atoms. The topological polar surface area (TPSA) is 65.2 Å². The van der Waals surface area contributed by atoms with Gasteiger partial charge in [0.1, 0.15) is 11.5 Å². The van der Waals surface area contributed by atoms with Crippen molar-refractivity contribution in [3.8, 4) is 11.6 Å². The Balaban J connectivity index is 2.41. The molecule has 0 radical (unpaired) electrons. The standard InChI is InChI=1S/C13H10ClF3N2O3/c1-3-21-12(20)9-6(2)22-11(19-9)10-8(14)4-7(5-18-10)13(15,16)17/h4-5H,3H2,1-2H3. The molecule has 5 nitrogen and oxygen atoms in total. The van der Waals surface area contributed by atoms with E-state index >= 15 is 0 Å². The molecule has 2 heterocycles. The summed E-state index contributed by atoms with van der Waals surface area (Å²) in [5, 5.41) is -0.286. The maximum atomic E-state index is 12.6. The normalized spacial score (nSPS) is 11.5. The first-order valence-electron chi connectivity index (χ1n) is 6.11. The van der Waals surface area contributed by atoms with Gasteiger partial charge >= 0.3 is 12.1 Å². The minimum Gasteiger partial charge on any atom is -0.461 e. The second kappa shape index (κ2) is 5.96. The number of carbonyl (C=O) groups is 1. The van der Waals surface area contributed by atoms with Crippen LogP contribution in [0.2, 0.25) is 5.02 Å². The van der Waals surface area contributed by atoms with Crippen molar-refractivity contribution in [2.75, 3.05) is 6.61 Å². The molecule has 2 aromatic rings. The molecule has 0 atom stereocenters. The summed E-state index contributed by atoms with van der Waals surface area (Å²) >= 11 is 5.79. The van der Waals surface area contributed by atoms with Crippen LogP contribution in [-0.2, 0) is 10.9 Å². The molecule has 0 saturated heterocycles. The smallest absolute Gasteiger partial charge is 0.417 e. The van der Waals surface area contributed by atoms with E-state index in [9.17, 15) is 18.0 Å². The first-order valence-corrected chi connectivity index (χ1v) is 6.49. The maximum Gasteiger partial charge on any atom is 0.417 e. The zero-order valence-electron chi connectivity index (χ0n) is 11.5. The van der Waals surface area contributed by atoms with Gasteiger partial charge in [-0.1, -0.05) is 11.6 Å². The summed E-state index contributed by atoms with van der Waals surface area (Å²) in [6.45, 7) is 3.25. The third kappa shape index (κ3) is 3.22. The molecule has 0 saturated carbocycles. The van der Waals surface area contributed by atoms with Crippen molar-refractivity contribution < 1.29 is 27.1 Å². The largest absolute Gasteiger partial charge is 0.461 e. The van der Waals surface area contributed by atoms with E-state index < -0.39 is 17.7 Å². The van der Waals surface area contributed by atoms with E-state index in [1.807, 2.05) is 0 Å². The van der Waals surface area contributed by atoms with E-state index in [0.717, 1.165) is 0 Å². The number of hydrogen-bond acceptors (Lipinski definition) is 5. The van der Waals surface area contributed by atoms with Crippen molar-refractivity contribution in [3.05, 3.63) is 34.3 Å². The molecular formula is C13H10ClF3N2O3. The highest BCUT2D eigenvalue weighted by atomic mass is 35.5. The maximum absolute atomic E-state index is 12.6. The number of ether oxygens (including phenoxy) is 1. The molecule has 0 aliphatic carbocycles. The summed E-state index contributed by atoms with van der Waals surface area (Å²) in [5.74, 6) is -0.691. The Bertz CT molecular complexity index is 713. The number of esters is 1.